The van der Waals surface area contributed by atoms with Gasteiger partial charge in [-0.25, -0.2) is 16.8 Å². The summed E-state index contributed by atoms with van der Waals surface area (Å²) < 4.78 is 75.2. The minimum Gasteiger partial charge on any atom is -0.378 e. The van der Waals surface area contributed by atoms with E-state index >= 15 is 0 Å². The minimum absolute atomic E-state index is 0.129. The highest BCUT2D eigenvalue weighted by molar-refractivity contribution is 7.91. The van der Waals surface area contributed by atoms with Crippen molar-refractivity contribution in [3.05, 3.63) is 54.1 Å². The molecule has 0 saturated carbocycles. The largest absolute Gasteiger partial charge is 0.378 e. The number of hydrogen-bond donors (Lipinski definition) is 0. The van der Waals surface area contributed by atoms with Crippen molar-refractivity contribution in [2.75, 3.05) is 25.5 Å². The van der Waals surface area contributed by atoms with Crippen LogP contribution in [-0.4, -0.2) is 47.5 Å². The summed E-state index contributed by atoms with van der Waals surface area (Å²) in [4.78, 5) is 1.14. The predicted octanol–water partition coefficient (Wildman–Crippen LogP) is 2.96. The summed E-state index contributed by atoms with van der Waals surface area (Å²) in [5.41, 5.74) is 1.76. The molecular formula is C18H22F2N2O4S2. The van der Waals surface area contributed by atoms with E-state index in [1.807, 2.05) is 43.3 Å². The molecule has 0 aromatic heterocycles. The van der Waals surface area contributed by atoms with Crippen molar-refractivity contribution in [1.82, 2.24) is 4.31 Å². The van der Waals surface area contributed by atoms with Crippen LogP contribution in [0.3, 0.4) is 0 Å². The average Bonchev–Trinajstić information content (AvgIpc) is 2.66. The van der Waals surface area contributed by atoms with Gasteiger partial charge in [0, 0.05) is 32.9 Å². The average molecular weight is 433 g/mol. The molecule has 0 aliphatic carbocycles. The van der Waals surface area contributed by atoms with Crippen LogP contribution in [-0.2, 0) is 26.4 Å². The number of hydrogen-bond acceptors (Lipinski definition) is 5. The second kappa shape index (κ2) is 8.54. The number of nitrogens with zero attached hydrogens (tertiary/aromatic N) is 2. The van der Waals surface area contributed by atoms with Gasteiger partial charge >= 0.3 is 5.76 Å². The number of rotatable bonds is 8. The standard InChI is InChI=1S/C18H22F2N2O4S2/c1-4-22(13-14-5-7-15(8-6-14)21(2)3)28(25,26)17-11-9-16(10-12-17)27(23,24)18(19)20/h5-12,18H,4,13H2,1-3H3. The number of halogens is 2. The van der Waals surface area contributed by atoms with E-state index in [0.717, 1.165) is 35.5 Å². The lowest BCUT2D eigenvalue weighted by atomic mass is 10.2. The summed E-state index contributed by atoms with van der Waals surface area (Å²) in [5, 5.41) is 0. The number of sulfonamides is 1. The van der Waals surface area contributed by atoms with Crippen molar-refractivity contribution in [3.63, 3.8) is 0 Å². The number of sulfone groups is 1. The molecule has 0 spiro atoms. The molecule has 0 fully saturated rings. The Kier molecular flexibility index (Phi) is 6.79. The van der Waals surface area contributed by atoms with Crippen molar-refractivity contribution in [2.45, 2.75) is 29.0 Å². The highest BCUT2D eigenvalue weighted by atomic mass is 32.2. The minimum atomic E-state index is -4.77. The fourth-order valence-corrected chi connectivity index (χ4v) is 4.68. The third-order valence-electron chi connectivity index (χ3n) is 4.19. The molecule has 10 heteroatoms. The Labute approximate surface area is 164 Å². The first-order chi connectivity index (χ1) is 13.0. The maximum atomic E-state index is 12.9. The van der Waals surface area contributed by atoms with Gasteiger partial charge in [-0.3, -0.25) is 0 Å². The molecule has 0 unspecified atom stereocenters. The van der Waals surface area contributed by atoms with E-state index < -0.39 is 30.5 Å². The highest BCUT2D eigenvalue weighted by Gasteiger charge is 2.28. The third-order valence-corrected chi connectivity index (χ3v) is 7.52. The normalized spacial score (nSPS) is 12.5. The van der Waals surface area contributed by atoms with E-state index in [9.17, 15) is 25.6 Å². The molecule has 0 bridgehead atoms. The molecular weight excluding hydrogens is 410 g/mol. The zero-order valence-electron chi connectivity index (χ0n) is 15.7. The van der Waals surface area contributed by atoms with Gasteiger partial charge in [-0.15, -0.1) is 0 Å². The SMILES string of the molecule is CCN(Cc1ccc(N(C)C)cc1)S(=O)(=O)c1ccc(S(=O)(=O)C(F)F)cc1. The smallest absolute Gasteiger partial charge is 0.341 e. The second-order valence-corrected chi connectivity index (χ2v) is 10.1. The van der Waals surface area contributed by atoms with Crippen molar-refractivity contribution >= 4 is 25.5 Å². The lowest BCUT2D eigenvalue weighted by molar-refractivity contribution is 0.234. The topological polar surface area (TPSA) is 74.8 Å². The Hall–Kier alpha value is -2.04. The number of alkyl halides is 2. The van der Waals surface area contributed by atoms with E-state index in [-0.39, 0.29) is 18.0 Å². The van der Waals surface area contributed by atoms with Crippen LogP contribution in [0, 0.1) is 0 Å². The van der Waals surface area contributed by atoms with Gasteiger partial charge in [0.15, 0.2) is 0 Å². The van der Waals surface area contributed by atoms with Gasteiger partial charge in [0.2, 0.25) is 19.9 Å². The summed E-state index contributed by atoms with van der Waals surface area (Å²) in [6.45, 7) is 2.00. The van der Waals surface area contributed by atoms with E-state index in [0.29, 0.717) is 0 Å². The molecule has 0 N–H and O–H groups in total. The van der Waals surface area contributed by atoms with Crippen LogP contribution in [0.25, 0.3) is 0 Å². The van der Waals surface area contributed by atoms with Crippen molar-refractivity contribution in [2.24, 2.45) is 0 Å². The third kappa shape index (κ3) is 4.68. The molecule has 0 heterocycles. The zero-order chi connectivity index (χ0) is 21.1. The molecule has 2 aromatic carbocycles. The Balaban J connectivity index is 2.28. The van der Waals surface area contributed by atoms with Crippen LogP contribution >= 0.6 is 0 Å². The molecule has 0 atom stereocenters. The summed E-state index contributed by atoms with van der Waals surface area (Å²) in [6.07, 6.45) is 0. The monoisotopic (exact) mass is 432 g/mol. The molecule has 2 rings (SSSR count). The van der Waals surface area contributed by atoms with E-state index in [1.165, 1.54) is 4.31 Å². The first-order valence-electron chi connectivity index (χ1n) is 8.38. The highest BCUT2D eigenvalue weighted by Crippen LogP contribution is 2.23. The van der Waals surface area contributed by atoms with Gasteiger partial charge in [0.05, 0.1) is 9.79 Å². The quantitative estimate of drug-likeness (QED) is 0.641. The molecule has 0 radical (unpaired) electrons. The van der Waals surface area contributed by atoms with Gasteiger partial charge in [-0.05, 0) is 42.0 Å². The van der Waals surface area contributed by atoms with Gasteiger partial charge in [-0.1, -0.05) is 19.1 Å². The van der Waals surface area contributed by atoms with Crippen molar-refractivity contribution in [1.29, 1.82) is 0 Å². The summed E-state index contributed by atoms with van der Waals surface area (Å²) in [5.74, 6) is -3.56. The maximum Gasteiger partial charge on any atom is 0.341 e. The van der Waals surface area contributed by atoms with Crippen LogP contribution in [0.1, 0.15) is 12.5 Å². The fraction of sp³-hybridized carbons (Fsp3) is 0.333. The molecule has 154 valence electrons. The molecule has 6 nitrogen and oxygen atoms in total. The summed E-state index contributed by atoms with van der Waals surface area (Å²) in [7, 11) is -4.89. The lowest BCUT2D eigenvalue weighted by Crippen LogP contribution is -2.30. The van der Waals surface area contributed by atoms with Crippen molar-refractivity contribution in [3.8, 4) is 0 Å². The maximum absolute atomic E-state index is 12.9. The summed E-state index contributed by atoms with van der Waals surface area (Å²) >= 11 is 0. The predicted molar refractivity (Wildman–Crippen MR) is 104 cm³/mol. The number of anilines is 1. The van der Waals surface area contributed by atoms with Gasteiger partial charge in [0.25, 0.3) is 0 Å². The molecule has 28 heavy (non-hydrogen) atoms. The molecule has 0 saturated heterocycles. The van der Waals surface area contributed by atoms with E-state index in [4.69, 9.17) is 0 Å². The Morgan fingerprint density at radius 2 is 1.36 bits per heavy atom. The lowest BCUT2D eigenvalue weighted by Gasteiger charge is -2.21. The van der Waals surface area contributed by atoms with E-state index in [1.54, 1.807) is 6.92 Å². The molecule has 0 aliphatic rings. The van der Waals surface area contributed by atoms with E-state index in [2.05, 4.69) is 0 Å². The van der Waals surface area contributed by atoms with Gasteiger partial charge in [0.1, 0.15) is 0 Å². The molecule has 0 aliphatic heterocycles. The van der Waals surface area contributed by atoms with Crippen molar-refractivity contribution < 1.29 is 25.6 Å². The first kappa shape index (κ1) is 22.3. The zero-order valence-corrected chi connectivity index (χ0v) is 17.3. The van der Waals surface area contributed by atoms with Crippen LogP contribution in [0.5, 0.6) is 0 Å². The fourth-order valence-electron chi connectivity index (χ4n) is 2.52. The second-order valence-electron chi connectivity index (χ2n) is 6.27. The van der Waals surface area contributed by atoms with Crippen LogP contribution in [0.15, 0.2) is 58.3 Å². The Morgan fingerprint density at radius 3 is 1.79 bits per heavy atom. The number of benzene rings is 2. The first-order valence-corrected chi connectivity index (χ1v) is 11.4. The van der Waals surface area contributed by atoms with Crippen LogP contribution in [0.2, 0.25) is 0 Å². The van der Waals surface area contributed by atoms with Gasteiger partial charge in [-0.2, -0.15) is 13.1 Å². The Morgan fingerprint density at radius 1 is 0.857 bits per heavy atom. The Bertz CT molecular complexity index is 1000. The van der Waals surface area contributed by atoms with Crippen LogP contribution in [0.4, 0.5) is 14.5 Å². The van der Waals surface area contributed by atoms with Crippen LogP contribution < -0.4 is 4.90 Å². The van der Waals surface area contributed by atoms with Gasteiger partial charge < -0.3 is 4.90 Å². The molecule has 0 amide bonds. The summed E-state index contributed by atoms with van der Waals surface area (Å²) in [6, 6.07) is 11.2. The molecule has 2 aromatic rings.